The van der Waals surface area contributed by atoms with E-state index in [9.17, 15) is 9.59 Å². The van der Waals surface area contributed by atoms with Gasteiger partial charge in [0.1, 0.15) is 0 Å². The fourth-order valence-corrected chi connectivity index (χ4v) is 4.38. The molecule has 1 aliphatic rings. The van der Waals surface area contributed by atoms with E-state index < -0.39 is 0 Å². The number of thiophene rings is 1. The molecule has 2 heterocycles. The zero-order valence-corrected chi connectivity index (χ0v) is 18.0. The van der Waals surface area contributed by atoms with E-state index >= 15 is 0 Å². The number of carbonyl (C=O) groups is 2. The van der Waals surface area contributed by atoms with E-state index in [1.165, 1.54) is 16.9 Å². The molecule has 0 saturated carbocycles. The van der Waals surface area contributed by atoms with Crippen molar-refractivity contribution in [2.45, 2.75) is 19.4 Å². The minimum Gasteiger partial charge on any atom is -0.355 e. The number of likely N-dealkylation sites (N-methyl/N-ethyl adjacent to an activating group) is 1. The molecule has 2 amide bonds. The molecule has 1 aromatic heterocycles. The topological polar surface area (TPSA) is 64.7 Å². The molecule has 0 aliphatic carbocycles. The van der Waals surface area contributed by atoms with Crippen LogP contribution in [0.2, 0.25) is 0 Å². The van der Waals surface area contributed by atoms with Crippen LogP contribution in [0.1, 0.15) is 32.6 Å². The molecule has 1 unspecified atom stereocenters. The Balaban J connectivity index is 1.38. The van der Waals surface area contributed by atoms with Crippen LogP contribution >= 0.6 is 11.3 Å². The maximum atomic E-state index is 12.0. The van der Waals surface area contributed by atoms with Crippen molar-refractivity contribution in [2.24, 2.45) is 0 Å². The smallest absolute Gasteiger partial charge is 0.261 e. The number of rotatable bonds is 8. The highest BCUT2D eigenvalue weighted by Gasteiger charge is 2.25. The summed E-state index contributed by atoms with van der Waals surface area (Å²) in [5.74, 6) is -0.342. The Kier molecular flexibility index (Phi) is 7.80. The largest absolute Gasteiger partial charge is 0.355 e. The van der Waals surface area contributed by atoms with Crippen LogP contribution in [-0.4, -0.2) is 67.9 Å². The molecule has 29 heavy (non-hydrogen) atoms. The summed E-state index contributed by atoms with van der Waals surface area (Å²) in [5, 5.41) is 5.59. The second kappa shape index (κ2) is 10.5. The maximum Gasteiger partial charge on any atom is 0.261 e. The van der Waals surface area contributed by atoms with Gasteiger partial charge in [-0.1, -0.05) is 30.3 Å². The number of hydrogen-bond donors (Lipinski definition) is 2. The van der Waals surface area contributed by atoms with Gasteiger partial charge in [0, 0.05) is 43.6 Å². The summed E-state index contributed by atoms with van der Waals surface area (Å²) in [6.07, 6.45) is 0.886. The minimum atomic E-state index is -0.193. The molecule has 156 valence electrons. The molecular formula is C22H30N4O2S. The average Bonchev–Trinajstić information content (AvgIpc) is 3.17. The van der Waals surface area contributed by atoms with Crippen LogP contribution in [-0.2, 0) is 4.79 Å². The molecule has 7 heteroatoms. The Hall–Kier alpha value is -2.22. The number of hydrogen-bond acceptors (Lipinski definition) is 5. The van der Waals surface area contributed by atoms with Gasteiger partial charge in [-0.05, 0) is 38.1 Å². The third-order valence-electron chi connectivity index (χ3n) is 5.20. The number of carbonyl (C=O) groups excluding carboxylic acids is 2. The second-order valence-corrected chi connectivity index (χ2v) is 8.81. The predicted molar refractivity (Wildman–Crippen MR) is 117 cm³/mol. The molecule has 1 aromatic carbocycles. The fourth-order valence-electron chi connectivity index (χ4n) is 3.59. The lowest BCUT2D eigenvalue weighted by molar-refractivity contribution is -0.120. The van der Waals surface area contributed by atoms with Gasteiger partial charge in [0.25, 0.3) is 5.91 Å². The molecule has 1 atom stereocenters. The highest BCUT2D eigenvalue weighted by molar-refractivity contribution is 7.13. The van der Waals surface area contributed by atoms with E-state index in [-0.39, 0.29) is 18.4 Å². The van der Waals surface area contributed by atoms with Crippen molar-refractivity contribution in [3.63, 3.8) is 0 Å². The van der Waals surface area contributed by atoms with Crippen LogP contribution in [0.4, 0.5) is 0 Å². The Morgan fingerprint density at radius 3 is 2.62 bits per heavy atom. The molecule has 0 bridgehead atoms. The number of piperazine rings is 1. The summed E-state index contributed by atoms with van der Waals surface area (Å²) >= 11 is 1.43. The molecule has 1 saturated heterocycles. The summed E-state index contributed by atoms with van der Waals surface area (Å²) in [6, 6.07) is 14.7. The first-order chi connectivity index (χ1) is 14.0. The molecule has 1 aliphatic heterocycles. The van der Waals surface area contributed by atoms with E-state index in [0.29, 0.717) is 17.5 Å². The number of aryl methyl sites for hydroxylation is 1. The van der Waals surface area contributed by atoms with Crippen molar-refractivity contribution in [3.05, 3.63) is 57.8 Å². The second-order valence-electron chi connectivity index (χ2n) is 7.52. The molecule has 0 spiro atoms. The van der Waals surface area contributed by atoms with Crippen molar-refractivity contribution >= 4 is 23.2 Å². The molecule has 2 aromatic rings. The number of nitrogens with one attached hydrogen (secondary N) is 2. The summed E-state index contributed by atoms with van der Waals surface area (Å²) < 4.78 is 0. The molecule has 2 N–H and O–H groups in total. The van der Waals surface area contributed by atoms with E-state index in [2.05, 4.69) is 51.7 Å². The molecule has 0 radical (unpaired) electrons. The minimum absolute atomic E-state index is 0.0108. The van der Waals surface area contributed by atoms with Gasteiger partial charge in [-0.25, -0.2) is 0 Å². The summed E-state index contributed by atoms with van der Waals surface area (Å²) in [5.41, 5.74) is 1.34. The van der Waals surface area contributed by atoms with Gasteiger partial charge in [0.2, 0.25) is 5.91 Å². The normalized spacial score (nSPS) is 17.8. The molecule has 1 fully saturated rings. The monoisotopic (exact) mass is 414 g/mol. The summed E-state index contributed by atoms with van der Waals surface area (Å²) in [7, 11) is 2.17. The van der Waals surface area contributed by atoms with E-state index in [0.717, 1.165) is 37.5 Å². The fraction of sp³-hybridized carbons (Fsp3) is 0.455. The van der Waals surface area contributed by atoms with E-state index in [1.807, 2.05) is 19.1 Å². The van der Waals surface area contributed by atoms with Gasteiger partial charge in [0.05, 0.1) is 11.4 Å². The molecule has 6 nitrogen and oxygen atoms in total. The van der Waals surface area contributed by atoms with E-state index in [1.54, 1.807) is 6.07 Å². The van der Waals surface area contributed by atoms with Gasteiger partial charge >= 0.3 is 0 Å². The highest BCUT2D eigenvalue weighted by atomic mass is 32.1. The van der Waals surface area contributed by atoms with Gasteiger partial charge in [-0.2, -0.15) is 0 Å². The Labute approximate surface area is 176 Å². The van der Waals surface area contributed by atoms with Gasteiger partial charge < -0.3 is 15.5 Å². The lowest BCUT2D eigenvalue weighted by Crippen LogP contribution is -2.47. The Morgan fingerprint density at radius 1 is 1.10 bits per heavy atom. The third kappa shape index (κ3) is 6.39. The van der Waals surface area contributed by atoms with Crippen molar-refractivity contribution in [1.82, 2.24) is 20.4 Å². The van der Waals surface area contributed by atoms with Crippen molar-refractivity contribution in [1.29, 1.82) is 0 Å². The van der Waals surface area contributed by atoms with Crippen molar-refractivity contribution in [3.8, 4) is 0 Å². The number of benzene rings is 1. The first-order valence-corrected chi connectivity index (χ1v) is 10.9. The van der Waals surface area contributed by atoms with Gasteiger partial charge in [-0.3, -0.25) is 14.5 Å². The highest BCUT2D eigenvalue weighted by Crippen LogP contribution is 2.24. The van der Waals surface area contributed by atoms with Crippen molar-refractivity contribution in [2.75, 3.05) is 46.3 Å². The van der Waals surface area contributed by atoms with Gasteiger partial charge in [-0.15, -0.1) is 11.3 Å². The van der Waals surface area contributed by atoms with Crippen LogP contribution in [0.25, 0.3) is 0 Å². The number of nitrogens with zero attached hydrogens (tertiary/aromatic N) is 2. The zero-order chi connectivity index (χ0) is 20.6. The summed E-state index contributed by atoms with van der Waals surface area (Å²) in [6.45, 7) is 6.62. The van der Waals surface area contributed by atoms with Crippen LogP contribution < -0.4 is 10.6 Å². The zero-order valence-electron chi connectivity index (χ0n) is 17.2. The first-order valence-electron chi connectivity index (χ1n) is 10.1. The third-order valence-corrected chi connectivity index (χ3v) is 6.20. The van der Waals surface area contributed by atoms with Crippen molar-refractivity contribution < 1.29 is 9.59 Å². The Morgan fingerprint density at radius 2 is 1.90 bits per heavy atom. The SMILES string of the molecule is Cc1ccc(C(=O)NCC(=O)NCCCN2CCN(C)CC2c2ccccc2)s1. The van der Waals surface area contributed by atoms with Crippen LogP contribution in [0.15, 0.2) is 42.5 Å². The standard InChI is InChI=1S/C22H30N4O2S/c1-17-9-10-20(29-17)22(28)24-15-21(27)23-11-6-12-26-14-13-25(2)16-19(26)18-7-4-3-5-8-18/h3-5,7-10,19H,6,11-16H2,1-2H3,(H,23,27)(H,24,28). The van der Waals surface area contributed by atoms with Crippen LogP contribution in [0.3, 0.4) is 0 Å². The van der Waals surface area contributed by atoms with Gasteiger partial charge in [0.15, 0.2) is 0 Å². The average molecular weight is 415 g/mol. The predicted octanol–water partition coefficient (Wildman–Crippen LogP) is 2.28. The maximum absolute atomic E-state index is 12.0. The Bertz CT molecular complexity index is 808. The summed E-state index contributed by atoms with van der Waals surface area (Å²) in [4.78, 5) is 30.6. The lowest BCUT2D eigenvalue weighted by atomic mass is 10.0. The molecular weight excluding hydrogens is 384 g/mol. The first kappa shape index (κ1) is 21.5. The lowest BCUT2D eigenvalue weighted by Gasteiger charge is -2.40. The van der Waals surface area contributed by atoms with Crippen LogP contribution in [0.5, 0.6) is 0 Å². The van der Waals surface area contributed by atoms with E-state index in [4.69, 9.17) is 0 Å². The quantitative estimate of drug-likeness (QED) is 0.651. The molecule has 3 rings (SSSR count). The number of amides is 2. The van der Waals surface area contributed by atoms with Crippen LogP contribution in [0, 0.1) is 6.92 Å².